The Bertz CT molecular complexity index is 1650. The number of carbonyl (C=O) groups is 1. The Hall–Kier alpha value is -4.13. The highest BCUT2D eigenvalue weighted by Gasteiger charge is 2.25. The van der Waals surface area contributed by atoms with E-state index in [1.807, 2.05) is 53.4 Å². The molecule has 0 radical (unpaired) electrons. The largest absolute Gasteiger partial charge is 0.497 e. The number of piperazine rings is 1. The van der Waals surface area contributed by atoms with E-state index in [1.165, 1.54) is 5.56 Å². The lowest BCUT2D eigenvalue weighted by atomic mass is 10.1. The fraction of sp³-hybridized carbons (Fsp3) is 0.212. The van der Waals surface area contributed by atoms with Crippen LogP contribution < -0.4 is 4.74 Å². The van der Waals surface area contributed by atoms with Crippen molar-refractivity contribution in [3.8, 4) is 28.1 Å². The first-order chi connectivity index (χ1) is 19.5. The molecule has 0 N–H and O–H groups in total. The minimum atomic E-state index is 0.0573. The topological polar surface area (TPSA) is 50.1 Å². The molecule has 1 aliphatic rings. The van der Waals surface area contributed by atoms with Gasteiger partial charge in [0.2, 0.25) is 0 Å². The first-order valence-corrected chi connectivity index (χ1v) is 13.9. The summed E-state index contributed by atoms with van der Waals surface area (Å²) >= 11 is 6.55. The van der Waals surface area contributed by atoms with E-state index >= 15 is 0 Å². The summed E-state index contributed by atoms with van der Waals surface area (Å²) in [5, 5.41) is 0.722. The van der Waals surface area contributed by atoms with E-state index in [0.717, 1.165) is 64.1 Å². The van der Waals surface area contributed by atoms with Crippen LogP contribution in [-0.2, 0) is 6.54 Å². The van der Waals surface area contributed by atoms with Gasteiger partial charge in [-0.15, -0.1) is 0 Å². The third-order valence-corrected chi connectivity index (χ3v) is 7.93. The third kappa shape index (κ3) is 5.20. The highest BCUT2D eigenvalue weighted by atomic mass is 35.5. The Morgan fingerprint density at radius 2 is 1.57 bits per heavy atom. The van der Waals surface area contributed by atoms with Crippen LogP contribution in [0, 0.1) is 6.92 Å². The molecule has 1 amide bonds. The van der Waals surface area contributed by atoms with E-state index in [2.05, 4.69) is 58.8 Å². The highest BCUT2D eigenvalue weighted by Crippen LogP contribution is 2.31. The standard InChI is InChI=1S/C33H31ClN4O2/c1-23-7-9-24(10-8-23)32-30(38-21-26(13-16-31(38)35-32)28-5-3-4-6-29(28)34)22-36-17-19-37(20-18-36)33(39)25-11-14-27(40-2)15-12-25/h3-16,21H,17-20,22H2,1-2H3. The van der Waals surface area contributed by atoms with Crippen LogP contribution in [0.5, 0.6) is 5.75 Å². The Balaban J connectivity index is 1.28. The fourth-order valence-electron chi connectivity index (χ4n) is 5.28. The summed E-state index contributed by atoms with van der Waals surface area (Å²) in [6, 6.07) is 27.9. The lowest BCUT2D eigenvalue weighted by Crippen LogP contribution is -2.48. The minimum absolute atomic E-state index is 0.0573. The molecule has 7 heteroatoms. The number of hydrogen-bond donors (Lipinski definition) is 0. The number of hydrogen-bond acceptors (Lipinski definition) is 4. The normalized spacial score (nSPS) is 14.0. The van der Waals surface area contributed by atoms with Gasteiger partial charge in [-0.05, 0) is 55.0 Å². The molecule has 1 aliphatic heterocycles. The Labute approximate surface area is 239 Å². The molecule has 0 aliphatic carbocycles. The average Bonchev–Trinajstić information content (AvgIpc) is 3.35. The number of halogens is 1. The fourth-order valence-corrected chi connectivity index (χ4v) is 5.52. The third-order valence-electron chi connectivity index (χ3n) is 7.60. The zero-order valence-electron chi connectivity index (χ0n) is 22.7. The first-order valence-electron chi connectivity index (χ1n) is 13.5. The van der Waals surface area contributed by atoms with Crippen molar-refractivity contribution in [3.63, 3.8) is 0 Å². The van der Waals surface area contributed by atoms with Gasteiger partial charge in [-0.1, -0.05) is 59.6 Å². The number of amides is 1. The van der Waals surface area contributed by atoms with Crippen LogP contribution in [0.4, 0.5) is 0 Å². The van der Waals surface area contributed by atoms with Gasteiger partial charge in [0, 0.05) is 60.6 Å². The van der Waals surface area contributed by atoms with Gasteiger partial charge in [0.25, 0.3) is 5.91 Å². The van der Waals surface area contributed by atoms with Crippen molar-refractivity contribution in [3.05, 3.63) is 113 Å². The van der Waals surface area contributed by atoms with E-state index in [4.69, 9.17) is 21.3 Å². The second-order valence-corrected chi connectivity index (χ2v) is 10.6. The average molecular weight is 551 g/mol. The molecule has 1 fully saturated rings. The smallest absolute Gasteiger partial charge is 0.253 e. The van der Waals surface area contributed by atoms with Crippen LogP contribution >= 0.6 is 11.6 Å². The molecule has 1 saturated heterocycles. The number of aryl methyl sites for hydroxylation is 1. The molecule has 3 aromatic carbocycles. The zero-order chi connectivity index (χ0) is 27.6. The SMILES string of the molecule is COc1ccc(C(=O)N2CCN(Cc3c(-c4ccc(C)cc4)nc4ccc(-c5ccccc5Cl)cn34)CC2)cc1. The molecule has 0 atom stereocenters. The van der Waals surface area contributed by atoms with Gasteiger partial charge in [0.05, 0.1) is 18.5 Å². The summed E-state index contributed by atoms with van der Waals surface area (Å²) in [6.45, 7) is 5.73. The molecular formula is C33H31ClN4O2. The van der Waals surface area contributed by atoms with Gasteiger partial charge in [-0.3, -0.25) is 9.69 Å². The number of imidazole rings is 1. The summed E-state index contributed by atoms with van der Waals surface area (Å²) in [5.74, 6) is 0.804. The van der Waals surface area contributed by atoms with Crippen LogP contribution in [0.1, 0.15) is 21.6 Å². The summed E-state index contributed by atoms with van der Waals surface area (Å²) < 4.78 is 7.43. The predicted octanol–water partition coefficient (Wildman–Crippen LogP) is 6.60. The maximum absolute atomic E-state index is 13.1. The van der Waals surface area contributed by atoms with Gasteiger partial charge < -0.3 is 14.0 Å². The van der Waals surface area contributed by atoms with Crippen LogP contribution in [0.15, 0.2) is 91.1 Å². The van der Waals surface area contributed by atoms with Gasteiger partial charge in [-0.25, -0.2) is 4.98 Å². The molecule has 0 bridgehead atoms. The molecule has 2 aromatic heterocycles. The Morgan fingerprint density at radius 1 is 0.875 bits per heavy atom. The monoisotopic (exact) mass is 550 g/mol. The number of pyridine rings is 1. The molecule has 0 spiro atoms. The Morgan fingerprint density at radius 3 is 2.27 bits per heavy atom. The van der Waals surface area contributed by atoms with E-state index in [1.54, 1.807) is 7.11 Å². The highest BCUT2D eigenvalue weighted by molar-refractivity contribution is 6.33. The van der Waals surface area contributed by atoms with Crippen LogP contribution in [0.2, 0.25) is 5.02 Å². The van der Waals surface area contributed by atoms with Crippen molar-refractivity contribution in [2.45, 2.75) is 13.5 Å². The van der Waals surface area contributed by atoms with Gasteiger partial charge in [0.15, 0.2) is 0 Å². The maximum Gasteiger partial charge on any atom is 0.253 e. The minimum Gasteiger partial charge on any atom is -0.497 e. The number of carbonyl (C=O) groups excluding carboxylic acids is 1. The number of benzene rings is 3. The lowest BCUT2D eigenvalue weighted by molar-refractivity contribution is 0.0627. The Kier molecular flexibility index (Phi) is 7.29. The first kappa shape index (κ1) is 26.1. The molecule has 0 saturated carbocycles. The molecule has 5 aromatic rings. The summed E-state index contributed by atoms with van der Waals surface area (Å²) in [4.78, 5) is 22.5. The second-order valence-electron chi connectivity index (χ2n) is 10.2. The van der Waals surface area contributed by atoms with Gasteiger partial charge >= 0.3 is 0 Å². The number of nitrogens with zero attached hydrogens (tertiary/aromatic N) is 4. The lowest BCUT2D eigenvalue weighted by Gasteiger charge is -2.34. The zero-order valence-corrected chi connectivity index (χ0v) is 23.4. The summed E-state index contributed by atoms with van der Waals surface area (Å²) in [6.07, 6.45) is 2.14. The number of aromatic nitrogens is 2. The van der Waals surface area contributed by atoms with Crippen LogP contribution in [-0.4, -0.2) is 58.4 Å². The van der Waals surface area contributed by atoms with Gasteiger partial charge in [-0.2, -0.15) is 0 Å². The van der Waals surface area contributed by atoms with Crippen molar-refractivity contribution < 1.29 is 9.53 Å². The van der Waals surface area contributed by atoms with Crippen molar-refractivity contribution in [1.29, 1.82) is 0 Å². The van der Waals surface area contributed by atoms with Crippen LogP contribution in [0.25, 0.3) is 28.0 Å². The molecular weight excluding hydrogens is 520 g/mol. The molecule has 6 nitrogen and oxygen atoms in total. The van der Waals surface area contributed by atoms with E-state index in [9.17, 15) is 4.79 Å². The predicted molar refractivity (Wildman–Crippen MR) is 160 cm³/mol. The number of ether oxygens (including phenoxy) is 1. The van der Waals surface area contributed by atoms with Crippen molar-refractivity contribution in [2.75, 3.05) is 33.3 Å². The van der Waals surface area contributed by atoms with E-state index in [0.29, 0.717) is 18.7 Å². The van der Waals surface area contributed by atoms with Crippen molar-refractivity contribution >= 4 is 23.2 Å². The summed E-state index contributed by atoms with van der Waals surface area (Å²) in [7, 11) is 1.63. The van der Waals surface area contributed by atoms with E-state index < -0.39 is 0 Å². The maximum atomic E-state index is 13.1. The summed E-state index contributed by atoms with van der Waals surface area (Å²) in [5.41, 5.74) is 8.04. The molecule has 202 valence electrons. The van der Waals surface area contributed by atoms with Crippen molar-refractivity contribution in [1.82, 2.24) is 19.2 Å². The number of fused-ring (bicyclic) bond motifs is 1. The molecule has 0 unspecified atom stereocenters. The molecule has 40 heavy (non-hydrogen) atoms. The number of rotatable bonds is 6. The van der Waals surface area contributed by atoms with Crippen LogP contribution in [0.3, 0.4) is 0 Å². The molecule has 3 heterocycles. The van der Waals surface area contributed by atoms with Crippen molar-refractivity contribution in [2.24, 2.45) is 0 Å². The van der Waals surface area contributed by atoms with E-state index in [-0.39, 0.29) is 5.91 Å². The molecule has 6 rings (SSSR count). The number of methoxy groups -OCH3 is 1. The van der Waals surface area contributed by atoms with Gasteiger partial charge in [0.1, 0.15) is 11.4 Å². The second kappa shape index (κ2) is 11.2. The quantitative estimate of drug-likeness (QED) is 0.239.